The van der Waals surface area contributed by atoms with Gasteiger partial charge in [0.1, 0.15) is 4.32 Å². The molecule has 8 nitrogen and oxygen atoms in total. The molecule has 3 rings (SSSR count). The third-order valence-corrected chi connectivity index (χ3v) is 4.87. The second-order valence-corrected chi connectivity index (χ2v) is 7.41. The number of carbonyl (C=O) groups is 2. The van der Waals surface area contributed by atoms with E-state index in [9.17, 15) is 19.7 Å². The molecule has 2 aromatic carbocycles. The van der Waals surface area contributed by atoms with Crippen molar-refractivity contribution < 1.29 is 24.0 Å². The van der Waals surface area contributed by atoms with E-state index in [2.05, 4.69) is 5.32 Å². The Morgan fingerprint density at radius 3 is 2.72 bits per heavy atom. The van der Waals surface area contributed by atoms with Gasteiger partial charge in [-0.05, 0) is 36.8 Å². The first-order chi connectivity index (χ1) is 13.9. The molecule has 1 N–H and O–H groups in total. The Morgan fingerprint density at radius 1 is 1.28 bits per heavy atom. The minimum absolute atomic E-state index is 0.0420. The van der Waals surface area contributed by atoms with Gasteiger partial charge in [0, 0.05) is 12.1 Å². The van der Waals surface area contributed by atoms with Crippen molar-refractivity contribution in [2.45, 2.75) is 6.92 Å². The van der Waals surface area contributed by atoms with Crippen LogP contribution in [0.4, 0.5) is 5.69 Å². The zero-order valence-corrected chi connectivity index (χ0v) is 16.7. The molecule has 0 radical (unpaired) electrons. The fourth-order valence-corrected chi connectivity index (χ4v) is 3.49. The second kappa shape index (κ2) is 8.84. The molecule has 2 aromatic rings. The van der Waals surface area contributed by atoms with E-state index < -0.39 is 10.9 Å². The highest BCUT2D eigenvalue weighted by atomic mass is 32.2. The van der Waals surface area contributed by atoms with Crippen LogP contribution in [0.1, 0.15) is 22.8 Å². The normalized spacial score (nSPS) is 14.6. The van der Waals surface area contributed by atoms with Crippen LogP contribution >= 0.6 is 24.0 Å². The number of hydrogen-bond acceptors (Lipinski definition) is 8. The lowest BCUT2D eigenvalue weighted by molar-refractivity contribution is -0.384. The van der Waals surface area contributed by atoms with Crippen LogP contribution in [0.5, 0.6) is 11.5 Å². The summed E-state index contributed by atoms with van der Waals surface area (Å²) < 4.78 is 11.3. The second-order valence-electron chi connectivity index (χ2n) is 5.69. The Bertz CT molecular complexity index is 1050. The van der Waals surface area contributed by atoms with Crippen molar-refractivity contribution in [2.24, 2.45) is 0 Å². The molecule has 1 amide bonds. The van der Waals surface area contributed by atoms with Gasteiger partial charge in [0.05, 0.1) is 22.0 Å². The molecule has 1 fully saturated rings. The lowest BCUT2D eigenvalue weighted by Gasteiger charge is -2.11. The SMILES string of the molecule is CCOc1cc(/C=C2\SC(=S)NC2=O)ccc1OC(=O)c1cccc([N+](=O)[O-])c1. The van der Waals surface area contributed by atoms with Crippen LogP contribution in [0.15, 0.2) is 47.4 Å². The fraction of sp³-hybridized carbons (Fsp3) is 0.105. The highest BCUT2D eigenvalue weighted by Crippen LogP contribution is 2.32. The van der Waals surface area contributed by atoms with Gasteiger partial charge in [-0.2, -0.15) is 0 Å². The predicted octanol–water partition coefficient (Wildman–Crippen LogP) is 3.70. The summed E-state index contributed by atoms with van der Waals surface area (Å²) in [7, 11) is 0. The fourth-order valence-electron chi connectivity index (χ4n) is 2.44. The number of non-ortho nitro benzene ring substituents is 1. The molecule has 29 heavy (non-hydrogen) atoms. The van der Waals surface area contributed by atoms with Crippen LogP contribution in [0, 0.1) is 10.1 Å². The van der Waals surface area contributed by atoms with E-state index in [4.69, 9.17) is 21.7 Å². The van der Waals surface area contributed by atoms with Crippen LogP contribution in [0.3, 0.4) is 0 Å². The first-order valence-corrected chi connectivity index (χ1v) is 9.58. The molecule has 0 bridgehead atoms. The molecule has 0 unspecified atom stereocenters. The number of nitrogens with zero attached hydrogens (tertiary/aromatic N) is 1. The number of carbonyl (C=O) groups excluding carboxylic acids is 2. The third-order valence-electron chi connectivity index (χ3n) is 3.70. The average molecular weight is 430 g/mol. The summed E-state index contributed by atoms with van der Waals surface area (Å²) in [5.41, 5.74) is 0.489. The maximum atomic E-state index is 12.4. The molecule has 0 aliphatic carbocycles. The number of thiocarbonyl (C=S) groups is 1. The van der Waals surface area contributed by atoms with E-state index in [0.717, 1.165) is 17.8 Å². The van der Waals surface area contributed by atoms with Crippen LogP contribution in [-0.2, 0) is 4.79 Å². The van der Waals surface area contributed by atoms with Crippen LogP contribution in [-0.4, -0.2) is 27.7 Å². The number of thioether (sulfide) groups is 1. The van der Waals surface area contributed by atoms with E-state index in [1.807, 2.05) is 0 Å². The van der Waals surface area contributed by atoms with Crippen LogP contribution in [0.2, 0.25) is 0 Å². The zero-order valence-electron chi connectivity index (χ0n) is 15.0. The van der Waals surface area contributed by atoms with Gasteiger partial charge in [0.25, 0.3) is 11.6 Å². The maximum Gasteiger partial charge on any atom is 0.343 e. The van der Waals surface area contributed by atoms with Crippen molar-refractivity contribution in [1.82, 2.24) is 5.32 Å². The molecule has 1 saturated heterocycles. The topological polar surface area (TPSA) is 108 Å². The van der Waals surface area contributed by atoms with Crippen molar-refractivity contribution in [3.63, 3.8) is 0 Å². The summed E-state index contributed by atoms with van der Waals surface area (Å²) >= 11 is 6.12. The van der Waals surface area contributed by atoms with Gasteiger partial charge in [-0.25, -0.2) is 4.79 Å². The third kappa shape index (κ3) is 4.98. The van der Waals surface area contributed by atoms with E-state index in [-0.39, 0.29) is 22.9 Å². The molecule has 0 aromatic heterocycles. The number of amides is 1. The lowest BCUT2D eigenvalue weighted by atomic mass is 10.1. The molecule has 1 heterocycles. The number of hydrogen-bond donors (Lipinski definition) is 1. The monoisotopic (exact) mass is 430 g/mol. The Morgan fingerprint density at radius 2 is 2.07 bits per heavy atom. The summed E-state index contributed by atoms with van der Waals surface area (Å²) in [6.45, 7) is 2.09. The summed E-state index contributed by atoms with van der Waals surface area (Å²) in [6.07, 6.45) is 1.65. The molecular weight excluding hydrogens is 416 g/mol. The van der Waals surface area contributed by atoms with Crippen molar-refractivity contribution >= 4 is 51.9 Å². The highest BCUT2D eigenvalue weighted by Gasteiger charge is 2.22. The largest absolute Gasteiger partial charge is 0.490 e. The van der Waals surface area contributed by atoms with Crippen molar-refractivity contribution in [3.8, 4) is 11.5 Å². The molecule has 0 spiro atoms. The first-order valence-electron chi connectivity index (χ1n) is 8.35. The Labute approximate surface area is 175 Å². The summed E-state index contributed by atoms with van der Waals surface area (Å²) in [5, 5.41) is 13.4. The van der Waals surface area contributed by atoms with Gasteiger partial charge in [-0.1, -0.05) is 36.1 Å². The Kier molecular flexibility index (Phi) is 6.25. The van der Waals surface area contributed by atoms with Crippen LogP contribution in [0.25, 0.3) is 6.08 Å². The summed E-state index contributed by atoms with van der Waals surface area (Å²) in [4.78, 5) is 35.0. The zero-order chi connectivity index (χ0) is 21.0. The van der Waals surface area contributed by atoms with E-state index in [0.29, 0.717) is 27.1 Å². The number of nitrogens with one attached hydrogen (secondary N) is 1. The Balaban J connectivity index is 1.85. The van der Waals surface area contributed by atoms with Gasteiger partial charge < -0.3 is 14.8 Å². The highest BCUT2D eigenvalue weighted by molar-refractivity contribution is 8.26. The number of ether oxygens (including phenoxy) is 2. The summed E-state index contributed by atoms with van der Waals surface area (Å²) in [6, 6.07) is 10.1. The number of nitro groups is 1. The number of rotatable bonds is 6. The van der Waals surface area contributed by atoms with Gasteiger partial charge in [-0.15, -0.1) is 0 Å². The molecule has 148 valence electrons. The van der Waals surface area contributed by atoms with Crippen molar-refractivity contribution in [2.75, 3.05) is 6.61 Å². The smallest absolute Gasteiger partial charge is 0.343 e. The van der Waals surface area contributed by atoms with Gasteiger partial charge in [0.2, 0.25) is 0 Å². The molecule has 1 aliphatic rings. The predicted molar refractivity (Wildman–Crippen MR) is 112 cm³/mol. The minimum Gasteiger partial charge on any atom is -0.490 e. The molecule has 1 aliphatic heterocycles. The molecule has 0 saturated carbocycles. The molecule has 0 atom stereocenters. The quantitative estimate of drug-likeness (QED) is 0.185. The number of nitro benzene ring substituents is 1. The van der Waals surface area contributed by atoms with Crippen molar-refractivity contribution in [1.29, 1.82) is 0 Å². The average Bonchev–Trinajstić information content (AvgIpc) is 3.00. The maximum absolute atomic E-state index is 12.4. The van der Waals surface area contributed by atoms with Gasteiger partial charge >= 0.3 is 5.97 Å². The number of benzene rings is 2. The van der Waals surface area contributed by atoms with Gasteiger partial charge in [0.15, 0.2) is 11.5 Å². The first kappa shape index (κ1) is 20.5. The van der Waals surface area contributed by atoms with E-state index >= 15 is 0 Å². The van der Waals surface area contributed by atoms with E-state index in [1.165, 1.54) is 24.3 Å². The lowest BCUT2D eigenvalue weighted by Crippen LogP contribution is -2.17. The number of esters is 1. The molecule has 10 heteroatoms. The summed E-state index contributed by atoms with van der Waals surface area (Å²) in [5.74, 6) is -0.577. The molecular formula is C19H14N2O6S2. The van der Waals surface area contributed by atoms with E-state index in [1.54, 1.807) is 25.1 Å². The standard InChI is InChI=1S/C19H14N2O6S2/c1-2-26-15-8-11(9-16-17(22)20-19(28)29-16)6-7-14(15)27-18(23)12-4-3-5-13(10-12)21(24)25/h3-10H,2H2,1H3,(H,20,22,28)/b16-9-. The Hall–Kier alpha value is -3.24. The van der Waals surface area contributed by atoms with Crippen LogP contribution < -0.4 is 14.8 Å². The minimum atomic E-state index is -0.753. The van der Waals surface area contributed by atoms with Crippen molar-refractivity contribution in [3.05, 3.63) is 68.6 Å². The van der Waals surface area contributed by atoms with Gasteiger partial charge in [-0.3, -0.25) is 14.9 Å².